The Morgan fingerprint density at radius 3 is 2.95 bits per heavy atom. The molecule has 0 radical (unpaired) electrons. The van der Waals surface area contributed by atoms with E-state index in [0.29, 0.717) is 22.3 Å². The lowest BCUT2D eigenvalue weighted by atomic mass is 10.0. The van der Waals surface area contributed by atoms with E-state index in [4.69, 9.17) is 5.73 Å². The minimum Gasteiger partial charge on any atom is -0.505 e. The monoisotopic (exact) mass is 288 g/mol. The first-order valence-electron chi connectivity index (χ1n) is 5.87. The number of aromatic nitrogens is 4. The van der Waals surface area contributed by atoms with E-state index in [-0.39, 0.29) is 11.4 Å². The van der Waals surface area contributed by atoms with Crippen molar-refractivity contribution < 1.29 is 9.50 Å². The van der Waals surface area contributed by atoms with Gasteiger partial charge in [0.05, 0.1) is 5.39 Å². The van der Waals surface area contributed by atoms with Crippen LogP contribution in [-0.2, 0) is 6.54 Å². The number of nitrogens with zero attached hydrogens (tertiary/aromatic N) is 4. The van der Waals surface area contributed by atoms with Crippen LogP contribution >= 0.6 is 0 Å². The molecule has 3 rings (SSSR count). The number of halogens is 1. The molecule has 106 valence electrons. The molecule has 0 unspecified atom stereocenters. The average Bonchev–Trinajstić information content (AvgIpc) is 2.89. The van der Waals surface area contributed by atoms with Gasteiger partial charge in [-0.15, -0.1) is 0 Å². The van der Waals surface area contributed by atoms with Crippen molar-refractivity contribution in [2.45, 2.75) is 6.54 Å². The molecule has 0 aliphatic rings. The van der Waals surface area contributed by atoms with Gasteiger partial charge in [0.15, 0.2) is 17.2 Å². The topological polar surface area (TPSA) is 130 Å². The summed E-state index contributed by atoms with van der Waals surface area (Å²) in [7, 11) is 0. The zero-order valence-corrected chi connectivity index (χ0v) is 10.5. The Hall–Kier alpha value is -3.10. The van der Waals surface area contributed by atoms with Gasteiger partial charge in [-0.1, -0.05) is 5.18 Å². The first-order valence-corrected chi connectivity index (χ1v) is 5.87. The molecule has 0 aliphatic carbocycles. The van der Waals surface area contributed by atoms with Crippen molar-refractivity contribution in [1.29, 1.82) is 0 Å². The van der Waals surface area contributed by atoms with Crippen LogP contribution < -0.4 is 5.73 Å². The van der Waals surface area contributed by atoms with Crippen molar-refractivity contribution in [3.05, 3.63) is 34.7 Å². The summed E-state index contributed by atoms with van der Waals surface area (Å²) in [5, 5.41) is 19.4. The summed E-state index contributed by atoms with van der Waals surface area (Å²) in [5.74, 6) is -1.29. The summed E-state index contributed by atoms with van der Waals surface area (Å²) >= 11 is 0. The van der Waals surface area contributed by atoms with Gasteiger partial charge in [-0.25, -0.2) is 14.4 Å². The van der Waals surface area contributed by atoms with Gasteiger partial charge in [-0.2, -0.15) is 10.0 Å². The molecule has 0 amide bonds. The first kappa shape index (κ1) is 12.9. The summed E-state index contributed by atoms with van der Waals surface area (Å²) in [4.78, 5) is 18.2. The van der Waals surface area contributed by atoms with Crippen molar-refractivity contribution in [3.63, 3.8) is 0 Å². The minimum atomic E-state index is -0.887. The number of phenolic OH excluding ortho intramolecular Hbond substituents is 1. The summed E-state index contributed by atoms with van der Waals surface area (Å²) in [6, 6.07) is 2.56. The van der Waals surface area contributed by atoms with Crippen molar-refractivity contribution in [3.8, 4) is 17.0 Å². The fraction of sp³-hybridized carbons (Fsp3) is 0.0833. The van der Waals surface area contributed by atoms with Gasteiger partial charge < -0.3 is 10.8 Å². The van der Waals surface area contributed by atoms with E-state index >= 15 is 0 Å². The highest BCUT2D eigenvalue weighted by Gasteiger charge is 2.17. The van der Waals surface area contributed by atoms with E-state index in [1.165, 1.54) is 18.5 Å². The lowest BCUT2D eigenvalue weighted by Gasteiger charge is -2.05. The molecule has 0 saturated heterocycles. The second kappa shape index (κ2) is 4.78. The number of aromatic hydroxyl groups is 1. The van der Waals surface area contributed by atoms with Crippen LogP contribution in [0.15, 0.2) is 23.6 Å². The molecule has 8 nitrogen and oxygen atoms in total. The molecule has 2 aromatic heterocycles. The van der Waals surface area contributed by atoms with E-state index in [2.05, 4.69) is 25.3 Å². The molecule has 4 N–H and O–H groups in total. The van der Waals surface area contributed by atoms with Gasteiger partial charge in [-0.3, -0.25) is 5.10 Å². The Bertz CT molecular complexity index is 847. The Labute approximate surface area is 116 Å². The average molecular weight is 288 g/mol. The smallest absolute Gasteiger partial charge is 0.170 e. The Kier molecular flexibility index (Phi) is 2.94. The number of nitrogens with two attached hydrogens (primary N) is 1. The maximum absolute atomic E-state index is 13.7. The van der Waals surface area contributed by atoms with Gasteiger partial charge in [0.25, 0.3) is 0 Å². The second-order valence-corrected chi connectivity index (χ2v) is 4.31. The number of benzene rings is 1. The molecule has 0 saturated carbocycles. The van der Waals surface area contributed by atoms with Gasteiger partial charge in [0.1, 0.15) is 24.4 Å². The van der Waals surface area contributed by atoms with Gasteiger partial charge in [0.2, 0.25) is 0 Å². The van der Waals surface area contributed by atoms with E-state index < -0.39 is 18.1 Å². The van der Waals surface area contributed by atoms with Gasteiger partial charge in [-0.05, 0) is 12.1 Å². The van der Waals surface area contributed by atoms with Crippen LogP contribution in [0, 0.1) is 10.7 Å². The lowest BCUT2D eigenvalue weighted by Crippen LogP contribution is -1.94. The van der Waals surface area contributed by atoms with E-state index in [0.717, 1.165) is 0 Å². The van der Waals surface area contributed by atoms with Crippen molar-refractivity contribution in [1.82, 2.24) is 20.2 Å². The third kappa shape index (κ3) is 2.04. The first-order chi connectivity index (χ1) is 10.1. The maximum Gasteiger partial charge on any atom is 0.170 e. The molecule has 21 heavy (non-hydrogen) atoms. The Balaban J connectivity index is 2.26. The normalized spacial score (nSPS) is 10.9. The predicted molar refractivity (Wildman–Crippen MR) is 72.7 cm³/mol. The van der Waals surface area contributed by atoms with Crippen LogP contribution in [0.4, 0.5) is 10.2 Å². The molecule has 0 bridgehead atoms. The number of aromatic amines is 1. The standard InChI is InChI=1S/C12H9FN6O2/c13-9-6(3-17-21)1-5(2-7(9)20)10-8-11(14)15-4-16-12(8)19-18-10/h1-2,4,20H,3H2,(H3,14,15,16,18,19). The molecule has 0 aliphatic heterocycles. The molecular formula is C12H9FN6O2. The number of nitroso groups, excluding NO2 is 1. The SMILES string of the molecule is Nc1ncnc2[nH]nc(-c3cc(O)c(F)c(CN=O)c3)c12. The number of anilines is 1. The molecule has 9 heteroatoms. The van der Waals surface area contributed by atoms with Crippen LogP contribution in [-0.4, -0.2) is 25.3 Å². The van der Waals surface area contributed by atoms with Crippen LogP contribution in [0.5, 0.6) is 5.75 Å². The molecule has 3 aromatic rings. The third-order valence-corrected chi connectivity index (χ3v) is 3.02. The van der Waals surface area contributed by atoms with Crippen molar-refractivity contribution >= 4 is 16.9 Å². The Morgan fingerprint density at radius 1 is 1.38 bits per heavy atom. The van der Waals surface area contributed by atoms with Gasteiger partial charge >= 0.3 is 0 Å². The summed E-state index contributed by atoms with van der Waals surface area (Å²) in [5.41, 5.74) is 6.89. The van der Waals surface area contributed by atoms with Crippen LogP contribution in [0.25, 0.3) is 22.3 Å². The van der Waals surface area contributed by atoms with E-state index in [9.17, 15) is 14.4 Å². The third-order valence-electron chi connectivity index (χ3n) is 3.02. The summed E-state index contributed by atoms with van der Waals surface area (Å²) in [6.07, 6.45) is 1.28. The quantitative estimate of drug-likeness (QED) is 0.629. The van der Waals surface area contributed by atoms with Gasteiger partial charge in [0, 0.05) is 11.1 Å². The highest BCUT2D eigenvalue weighted by atomic mass is 19.1. The number of fused-ring (bicyclic) bond motifs is 1. The number of phenols is 1. The molecule has 0 atom stereocenters. The molecule has 0 spiro atoms. The van der Waals surface area contributed by atoms with Crippen LogP contribution in [0.3, 0.4) is 0 Å². The number of rotatable bonds is 3. The van der Waals surface area contributed by atoms with Crippen LogP contribution in [0.2, 0.25) is 0 Å². The fourth-order valence-corrected chi connectivity index (χ4v) is 2.08. The molecule has 1 aromatic carbocycles. The second-order valence-electron chi connectivity index (χ2n) is 4.31. The highest BCUT2D eigenvalue weighted by molar-refractivity contribution is 5.97. The number of nitrogens with one attached hydrogen (secondary N) is 1. The summed E-state index contributed by atoms with van der Waals surface area (Å²) < 4.78 is 13.7. The van der Waals surface area contributed by atoms with Crippen molar-refractivity contribution in [2.75, 3.05) is 5.73 Å². The zero-order chi connectivity index (χ0) is 15.0. The maximum atomic E-state index is 13.7. The molecule has 0 fully saturated rings. The fourth-order valence-electron chi connectivity index (χ4n) is 2.08. The highest BCUT2D eigenvalue weighted by Crippen LogP contribution is 2.33. The number of hydrogen-bond acceptors (Lipinski definition) is 7. The number of nitrogen functional groups attached to an aromatic ring is 1. The summed E-state index contributed by atoms with van der Waals surface area (Å²) in [6.45, 7) is -0.401. The largest absolute Gasteiger partial charge is 0.505 e. The molecular weight excluding hydrogens is 279 g/mol. The van der Waals surface area contributed by atoms with Crippen LogP contribution in [0.1, 0.15) is 5.56 Å². The van der Waals surface area contributed by atoms with E-state index in [1.807, 2.05) is 0 Å². The van der Waals surface area contributed by atoms with E-state index in [1.54, 1.807) is 0 Å². The Morgan fingerprint density at radius 2 is 2.19 bits per heavy atom. The number of H-pyrrole nitrogens is 1. The zero-order valence-electron chi connectivity index (χ0n) is 10.5. The molecule has 2 heterocycles. The van der Waals surface area contributed by atoms with Crippen molar-refractivity contribution in [2.24, 2.45) is 5.18 Å². The number of hydrogen-bond donors (Lipinski definition) is 3. The predicted octanol–water partition coefficient (Wildman–Crippen LogP) is 1.71. The lowest BCUT2D eigenvalue weighted by molar-refractivity contribution is 0.429. The minimum absolute atomic E-state index is 0.0356.